The smallest absolute Gasteiger partial charge is 0.150 e. The summed E-state index contributed by atoms with van der Waals surface area (Å²) in [6.07, 6.45) is 3.72. The minimum atomic E-state index is -0.0524. The van der Waals surface area contributed by atoms with Crippen LogP contribution in [0, 0.1) is 23.2 Å². The van der Waals surface area contributed by atoms with Gasteiger partial charge >= 0.3 is 0 Å². The van der Waals surface area contributed by atoms with Gasteiger partial charge in [-0.15, -0.1) is 0 Å². The van der Waals surface area contributed by atoms with E-state index in [0.717, 1.165) is 32.2 Å². The number of Topliss-reactive ketones (excluding diaryl/α,β-unsaturated/α-hetero) is 1. The number of nitriles is 1. The second-order valence-electron chi connectivity index (χ2n) is 5.15. The fourth-order valence-corrected chi connectivity index (χ4v) is 2.72. The van der Waals surface area contributed by atoms with Gasteiger partial charge in [0.25, 0.3) is 0 Å². The zero-order chi connectivity index (χ0) is 13.5. The Bertz CT molecular complexity index is 450. The molecule has 1 unspecified atom stereocenters. The molecular weight excluding hydrogens is 236 g/mol. The van der Waals surface area contributed by atoms with Crippen LogP contribution in [0.5, 0.6) is 0 Å². The maximum absolute atomic E-state index is 12.0. The van der Waals surface area contributed by atoms with Crippen molar-refractivity contribution in [2.75, 3.05) is 13.1 Å². The Morgan fingerprint density at radius 1 is 1.32 bits per heavy atom. The molecule has 1 fully saturated rings. The molecular formula is C16H20N2O. The van der Waals surface area contributed by atoms with E-state index in [-0.39, 0.29) is 17.6 Å². The third-order valence-electron chi connectivity index (χ3n) is 3.83. The Morgan fingerprint density at radius 2 is 2.11 bits per heavy atom. The van der Waals surface area contributed by atoms with E-state index in [1.54, 1.807) is 0 Å². The number of nitrogens with one attached hydrogen (secondary N) is 1. The Labute approximate surface area is 114 Å². The highest BCUT2D eigenvalue weighted by atomic mass is 16.1. The predicted octanol–water partition coefficient (Wildman–Crippen LogP) is 2.33. The summed E-state index contributed by atoms with van der Waals surface area (Å²) in [5.41, 5.74) is 1.28. The Morgan fingerprint density at radius 3 is 2.84 bits per heavy atom. The summed E-state index contributed by atoms with van der Waals surface area (Å²) in [4.78, 5) is 12.0. The Hall–Kier alpha value is -1.66. The maximum atomic E-state index is 12.0. The van der Waals surface area contributed by atoms with Crippen molar-refractivity contribution in [2.24, 2.45) is 11.8 Å². The molecule has 0 aromatic heterocycles. The first-order valence-electron chi connectivity index (χ1n) is 6.98. The number of rotatable bonds is 6. The number of carbonyl (C=O) groups excluding carboxylic acids is 1. The lowest BCUT2D eigenvalue weighted by atomic mass is 9.93. The van der Waals surface area contributed by atoms with Crippen LogP contribution in [0.2, 0.25) is 0 Å². The molecule has 0 bridgehead atoms. The van der Waals surface area contributed by atoms with Crippen LogP contribution in [0.3, 0.4) is 0 Å². The third kappa shape index (κ3) is 3.90. The van der Waals surface area contributed by atoms with Gasteiger partial charge in [0.05, 0.1) is 18.5 Å². The van der Waals surface area contributed by atoms with Gasteiger partial charge in [-0.2, -0.15) is 5.26 Å². The van der Waals surface area contributed by atoms with E-state index in [1.165, 1.54) is 5.56 Å². The van der Waals surface area contributed by atoms with Gasteiger partial charge in [0.2, 0.25) is 0 Å². The molecule has 2 rings (SSSR count). The molecule has 1 aromatic carbocycles. The van der Waals surface area contributed by atoms with Crippen molar-refractivity contribution >= 4 is 5.78 Å². The van der Waals surface area contributed by atoms with Crippen LogP contribution in [-0.4, -0.2) is 18.9 Å². The highest BCUT2D eigenvalue weighted by Gasteiger charge is 2.32. The molecule has 0 aliphatic heterocycles. The zero-order valence-corrected chi connectivity index (χ0v) is 11.1. The van der Waals surface area contributed by atoms with Crippen molar-refractivity contribution < 1.29 is 4.79 Å². The van der Waals surface area contributed by atoms with Gasteiger partial charge in [0.1, 0.15) is 0 Å². The second kappa shape index (κ2) is 7.06. The van der Waals surface area contributed by atoms with E-state index >= 15 is 0 Å². The molecule has 0 radical (unpaired) electrons. The molecule has 1 aromatic rings. The van der Waals surface area contributed by atoms with Gasteiger partial charge < -0.3 is 5.32 Å². The fourth-order valence-electron chi connectivity index (χ4n) is 2.72. The number of hydrogen-bond donors (Lipinski definition) is 1. The standard InChI is InChI=1S/C16H20N2O/c17-11-14-7-4-8-15(14)16(19)12-18-10-9-13-5-2-1-3-6-13/h1-3,5-6,14-15,18H,4,7-10,12H2/t14-,15?/m0/s1. The molecule has 1 aliphatic carbocycles. The average Bonchev–Trinajstić information content (AvgIpc) is 2.93. The summed E-state index contributed by atoms with van der Waals surface area (Å²) in [6.45, 7) is 1.20. The van der Waals surface area contributed by atoms with Crippen LogP contribution in [0.1, 0.15) is 24.8 Å². The van der Waals surface area contributed by atoms with E-state index in [0.29, 0.717) is 6.54 Å². The van der Waals surface area contributed by atoms with E-state index < -0.39 is 0 Å². The number of benzene rings is 1. The van der Waals surface area contributed by atoms with Crippen molar-refractivity contribution in [3.8, 4) is 6.07 Å². The molecule has 1 N–H and O–H groups in total. The predicted molar refractivity (Wildman–Crippen MR) is 74.5 cm³/mol. The monoisotopic (exact) mass is 256 g/mol. The van der Waals surface area contributed by atoms with Crippen molar-refractivity contribution in [2.45, 2.75) is 25.7 Å². The van der Waals surface area contributed by atoms with Crippen molar-refractivity contribution in [1.29, 1.82) is 5.26 Å². The molecule has 1 aliphatic rings. The van der Waals surface area contributed by atoms with Gasteiger partial charge in [0.15, 0.2) is 5.78 Å². The molecule has 3 nitrogen and oxygen atoms in total. The number of ketones is 1. The molecule has 0 spiro atoms. The highest BCUT2D eigenvalue weighted by Crippen LogP contribution is 2.31. The Kier molecular flexibility index (Phi) is 5.11. The lowest BCUT2D eigenvalue weighted by Gasteiger charge is -2.12. The van der Waals surface area contributed by atoms with Crippen LogP contribution in [-0.2, 0) is 11.2 Å². The molecule has 100 valence electrons. The second-order valence-corrected chi connectivity index (χ2v) is 5.15. The van der Waals surface area contributed by atoms with Gasteiger partial charge in [-0.05, 0) is 31.4 Å². The summed E-state index contributed by atoms with van der Waals surface area (Å²) in [5, 5.41) is 12.2. The lowest BCUT2D eigenvalue weighted by molar-refractivity contribution is -0.122. The molecule has 3 heteroatoms. The topological polar surface area (TPSA) is 52.9 Å². The minimum Gasteiger partial charge on any atom is -0.310 e. The minimum absolute atomic E-state index is 0.0331. The van der Waals surface area contributed by atoms with E-state index in [9.17, 15) is 4.79 Å². The summed E-state index contributed by atoms with van der Waals surface area (Å²) in [6, 6.07) is 12.5. The molecule has 0 heterocycles. The molecule has 0 saturated heterocycles. The SMILES string of the molecule is N#C[C@@H]1CCCC1C(=O)CNCCc1ccccc1. The van der Waals surface area contributed by atoms with Crippen LogP contribution in [0.15, 0.2) is 30.3 Å². The van der Waals surface area contributed by atoms with Gasteiger partial charge in [-0.25, -0.2) is 0 Å². The summed E-state index contributed by atoms with van der Waals surface area (Å²) < 4.78 is 0. The molecule has 1 saturated carbocycles. The molecule has 0 amide bonds. The molecule has 2 atom stereocenters. The van der Waals surface area contributed by atoms with Crippen LogP contribution < -0.4 is 5.32 Å². The lowest BCUT2D eigenvalue weighted by Crippen LogP contribution is -2.31. The van der Waals surface area contributed by atoms with Gasteiger partial charge in [-0.1, -0.05) is 36.8 Å². The van der Waals surface area contributed by atoms with Crippen molar-refractivity contribution in [3.05, 3.63) is 35.9 Å². The number of carbonyl (C=O) groups is 1. The summed E-state index contributed by atoms with van der Waals surface area (Å²) in [7, 11) is 0. The first kappa shape index (κ1) is 13.8. The van der Waals surface area contributed by atoms with Gasteiger partial charge in [-0.3, -0.25) is 4.79 Å². The highest BCUT2D eigenvalue weighted by molar-refractivity contribution is 5.83. The van der Waals surface area contributed by atoms with Crippen LogP contribution >= 0.6 is 0 Å². The molecule has 19 heavy (non-hydrogen) atoms. The maximum Gasteiger partial charge on any atom is 0.150 e. The Balaban J connectivity index is 1.68. The number of hydrogen-bond acceptors (Lipinski definition) is 3. The van der Waals surface area contributed by atoms with Crippen LogP contribution in [0.25, 0.3) is 0 Å². The normalized spacial score (nSPS) is 22.1. The van der Waals surface area contributed by atoms with Crippen LogP contribution in [0.4, 0.5) is 0 Å². The van der Waals surface area contributed by atoms with E-state index in [4.69, 9.17) is 5.26 Å². The zero-order valence-electron chi connectivity index (χ0n) is 11.1. The van der Waals surface area contributed by atoms with E-state index in [1.807, 2.05) is 18.2 Å². The largest absolute Gasteiger partial charge is 0.310 e. The average molecular weight is 256 g/mol. The third-order valence-corrected chi connectivity index (χ3v) is 3.83. The summed E-state index contributed by atoms with van der Waals surface area (Å²) in [5.74, 6) is 0.120. The van der Waals surface area contributed by atoms with E-state index in [2.05, 4.69) is 23.5 Å². The quantitative estimate of drug-likeness (QED) is 0.795. The van der Waals surface area contributed by atoms with Crippen molar-refractivity contribution in [3.63, 3.8) is 0 Å². The first-order chi connectivity index (χ1) is 9.31. The fraction of sp³-hybridized carbons (Fsp3) is 0.500. The summed E-state index contributed by atoms with van der Waals surface area (Å²) >= 11 is 0. The first-order valence-corrected chi connectivity index (χ1v) is 6.98. The van der Waals surface area contributed by atoms with Crippen molar-refractivity contribution in [1.82, 2.24) is 5.32 Å². The van der Waals surface area contributed by atoms with Gasteiger partial charge in [0, 0.05) is 5.92 Å². The number of nitrogens with zero attached hydrogens (tertiary/aromatic N) is 1.